The van der Waals surface area contributed by atoms with Crippen LogP contribution in [0.2, 0.25) is 0 Å². The van der Waals surface area contributed by atoms with Gasteiger partial charge in [0.1, 0.15) is 11.6 Å². The van der Waals surface area contributed by atoms with Crippen molar-refractivity contribution in [3.05, 3.63) is 64.7 Å². The topological polar surface area (TPSA) is 49.3 Å². The van der Waals surface area contributed by atoms with Crippen molar-refractivity contribution in [3.8, 4) is 0 Å². The number of carboxylic acid groups (broad SMARTS) is 1. The van der Waals surface area contributed by atoms with Crippen LogP contribution in [0, 0.1) is 18.6 Å². The fraction of sp³-hybridized carbons (Fsp3) is 0.133. The maximum absolute atomic E-state index is 13.5. The largest absolute Gasteiger partial charge is 0.478 e. The summed E-state index contributed by atoms with van der Waals surface area (Å²) in [6, 6.07) is 8.38. The van der Waals surface area contributed by atoms with E-state index in [1.807, 2.05) is 0 Å². The summed E-state index contributed by atoms with van der Waals surface area (Å²) in [5, 5.41) is 11.9. The molecule has 104 valence electrons. The zero-order chi connectivity index (χ0) is 14.7. The zero-order valence-electron chi connectivity index (χ0n) is 10.8. The van der Waals surface area contributed by atoms with Crippen molar-refractivity contribution in [1.29, 1.82) is 0 Å². The average molecular weight is 277 g/mol. The van der Waals surface area contributed by atoms with Crippen molar-refractivity contribution in [1.82, 2.24) is 0 Å². The molecule has 2 aromatic rings. The van der Waals surface area contributed by atoms with Gasteiger partial charge in [-0.25, -0.2) is 13.6 Å². The second kappa shape index (κ2) is 5.69. The van der Waals surface area contributed by atoms with Crippen LogP contribution < -0.4 is 5.32 Å². The van der Waals surface area contributed by atoms with Gasteiger partial charge in [-0.15, -0.1) is 0 Å². The molecule has 2 N–H and O–H groups in total. The van der Waals surface area contributed by atoms with Crippen molar-refractivity contribution >= 4 is 11.7 Å². The van der Waals surface area contributed by atoms with Gasteiger partial charge in [0.05, 0.1) is 5.56 Å². The Hall–Kier alpha value is -2.43. The van der Waals surface area contributed by atoms with Gasteiger partial charge in [0.15, 0.2) is 0 Å². The number of rotatable bonds is 4. The van der Waals surface area contributed by atoms with E-state index in [1.165, 1.54) is 24.3 Å². The number of halogens is 2. The molecule has 0 aliphatic heterocycles. The number of benzene rings is 2. The summed E-state index contributed by atoms with van der Waals surface area (Å²) in [7, 11) is 0. The quantitative estimate of drug-likeness (QED) is 0.898. The summed E-state index contributed by atoms with van der Waals surface area (Å²) in [5.41, 5.74) is 1.14. The highest BCUT2D eigenvalue weighted by molar-refractivity contribution is 5.91. The van der Waals surface area contributed by atoms with E-state index in [2.05, 4.69) is 5.32 Å². The van der Waals surface area contributed by atoms with Gasteiger partial charge in [-0.2, -0.15) is 0 Å². The summed E-state index contributed by atoms with van der Waals surface area (Å²) < 4.78 is 27.0. The van der Waals surface area contributed by atoms with Crippen molar-refractivity contribution in [3.63, 3.8) is 0 Å². The minimum atomic E-state index is -1.04. The van der Waals surface area contributed by atoms with Gasteiger partial charge in [-0.1, -0.05) is 12.1 Å². The Labute approximate surface area is 114 Å². The van der Waals surface area contributed by atoms with E-state index in [1.54, 1.807) is 19.1 Å². The zero-order valence-corrected chi connectivity index (χ0v) is 10.8. The Balaban J connectivity index is 2.24. The molecule has 0 saturated carbocycles. The van der Waals surface area contributed by atoms with Gasteiger partial charge >= 0.3 is 5.97 Å². The highest BCUT2D eigenvalue weighted by Gasteiger charge is 2.12. The molecule has 0 radical (unpaired) electrons. The molecular weight excluding hydrogens is 264 g/mol. The summed E-state index contributed by atoms with van der Waals surface area (Å²) in [4.78, 5) is 11.0. The molecule has 5 heteroatoms. The highest BCUT2D eigenvalue weighted by Crippen LogP contribution is 2.21. The molecule has 0 heterocycles. The maximum atomic E-state index is 13.5. The number of hydrogen-bond acceptors (Lipinski definition) is 2. The Morgan fingerprint density at radius 2 is 1.75 bits per heavy atom. The highest BCUT2D eigenvalue weighted by atomic mass is 19.1. The third-order valence-corrected chi connectivity index (χ3v) is 3.08. The molecule has 0 aliphatic carbocycles. The molecular formula is C15H13F2NO2. The fourth-order valence-electron chi connectivity index (χ4n) is 1.94. The summed E-state index contributed by atoms with van der Waals surface area (Å²) in [5.74, 6) is -2.31. The van der Waals surface area contributed by atoms with E-state index in [-0.39, 0.29) is 17.7 Å². The Morgan fingerprint density at radius 3 is 2.35 bits per heavy atom. The lowest BCUT2D eigenvalue weighted by molar-refractivity contribution is 0.0696. The van der Waals surface area contributed by atoms with Gasteiger partial charge in [0.2, 0.25) is 0 Å². The molecule has 2 rings (SSSR count). The summed E-state index contributed by atoms with van der Waals surface area (Å²) >= 11 is 0. The molecule has 0 saturated heterocycles. The second-order valence-corrected chi connectivity index (χ2v) is 4.34. The molecule has 20 heavy (non-hydrogen) atoms. The van der Waals surface area contributed by atoms with Gasteiger partial charge in [-0.05, 0) is 36.8 Å². The van der Waals surface area contributed by atoms with Crippen LogP contribution >= 0.6 is 0 Å². The third kappa shape index (κ3) is 2.77. The van der Waals surface area contributed by atoms with Crippen LogP contribution in [0.3, 0.4) is 0 Å². The van der Waals surface area contributed by atoms with Gasteiger partial charge < -0.3 is 10.4 Å². The lowest BCUT2D eigenvalue weighted by Crippen LogP contribution is -2.08. The maximum Gasteiger partial charge on any atom is 0.336 e. The minimum Gasteiger partial charge on any atom is -0.478 e. The fourth-order valence-corrected chi connectivity index (χ4v) is 1.94. The van der Waals surface area contributed by atoms with Crippen LogP contribution in [0.15, 0.2) is 36.4 Å². The van der Waals surface area contributed by atoms with Crippen LogP contribution in [-0.4, -0.2) is 11.1 Å². The van der Waals surface area contributed by atoms with E-state index in [0.717, 1.165) is 0 Å². The molecule has 0 aliphatic rings. The molecule has 0 aromatic heterocycles. The molecule has 2 aromatic carbocycles. The van der Waals surface area contributed by atoms with E-state index in [0.29, 0.717) is 11.3 Å². The second-order valence-electron chi connectivity index (χ2n) is 4.34. The summed E-state index contributed by atoms with van der Waals surface area (Å²) in [6.45, 7) is 1.59. The number of aromatic carboxylic acids is 1. The Kier molecular flexibility index (Phi) is 3.98. The lowest BCUT2D eigenvalue weighted by Gasteiger charge is -2.12. The first kappa shape index (κ1) is 14.0. The monoisotopic (exact) mass is 277 g/mol. The number of anilines is 1. The average Bonchev–Trinajstić information content (AvgIpc) is 2.39. The van der Waals surface area contributed by atoms with Gasteiger partial charge in [-0.3, -0.25) is 0 Å². The Bertz CT molecular complexity index is 636. The number of carbonyl (C=O) groups is 1. The van der Waals surface area contributed by atoms with Crippen molar-refractivity contribution in [2.75, 3.05) is 5.32 Å². The van der Waals surface area contributed by atoms with Crippen LogP contribution in [0.25, 0.3) is 0 Å². The van der Waals surface area contributed by atoms with Crippen LogP contribution in [-0.2, 0) is 6.54 Å². The van der Waals surface area contributed by atoms with Crippen LogP contribution in [0.4, 0.5) is 14.5 Å². The van der Waals surface area contributed by atoms with Crippen molar-refractivity contribution in [2.45, 2.75) is 13.5 Å². The Morgan fingerprint density at radius 1 is 1.15 bits per heavy atom. The molecule has 0 bridgehead atoms. The van der Waals surface area contributed by atoms with E-state index in [9.17, 15) is 13.6 Å². The number of carboxylic acids is 1. The predicted octanol–water partition coefficient (Wildman–Crippen LogP) is 3.58. The molecule has 0 fully saturated rings. The first-order valence-corrected chi connectivity index (χ1v) is 6.00. The first-order chi connectivity index (χ1) is 9.50. The molecule has 0 amide bonds. The lowest BCUT2D eigenvalue weighted by atomic mass is 10.1. The number of hydrogen-bond donors (Lipinski definition) is 2. The van der Waals surface area contributed by atoms with E-state index >= 15 is 0 Å². The molecule has 0 atom stereocenters. The standard InChI is InChI=1S/C15H13F2NO2/c1-9-10(15(19)20)4-2-7-14(9)18-8-11-12(16)5-3-6-13(11)17/h2-7,18H,8H2,1H3,(H,19,20). The van der Waals surface area contributed by atoms with Crippen LogP contribution in [0.1, 0.15) is 21.5 Å². The van der Waals surface area contributed by atoms with Crippen molar-refractivity contribution < 1.29 is 18.7 Å². The molecule has 0 spiro atoms. The minimum absolute atomic E-state index is 0.0532. The van der Waals surface area contributed by atoms with Crippen LogP contribution in [0.5, 0.6) is 0 Å². The normalized spacial score (nSPS) is 10.3. The van der Waals surface area contributed by atoms with Gasteiger partial charge in [0.25, 0.3) is 0 Å². The first-order valence-electron chi connectivity index (χ1n) is 6.00. The number of nitrogens with one attached hydrogen (secondary N) is 1. The molecule has 0 unspecified atom stereocenters. The van der Waals surface area contributed by atoms with E-state index < -0.39 is 17.6 Å². The third-order valence-electron chi connectivity index (χ3n) is 3.08. The van der Waals surface area contributed by atoms with Gasteiger partial charge in [0, 0.05) is 17.8 Å². The van der Waals surface area contributed by atoms with Crippen molar-refractivity contribution in [2.24, 2.45) is 0 Å². The SMILES string of the molecule is Cc1c(NCc2c(F)cccc2F)cccc1C(=O)O. The summed E-state index contributed by atoms with van der Waals surface area (Å²) in [6.07, 6.45) is 0. The smallest absolute Gasteiger partial charge is 0.336 e. The van der Waals surface area contributed by atoms with E-state index in [4.69, 9.17) is 5.11 Å². The molecule has 3 nitrogen and oxygen atoms in total. The predicted molar refractivity (Wildman–Crippen MR) is 71.8 cm³/mol.